The van der Waals surface area contributed by atoms with Gasteiger partial charge in [0.05, 0.1) is 5.52 Å². The van der Waals surface area contributed by atoms with Crippen molar-refractivity contribution in [2.24, 2.45) is 0 Å². The molecule has 0 aliphatic rings. The van der Waals surface area contributed by atoms with E-state index in [0.717, 1.165) is 22.5 Å². The molecule has 0 aliphatic carbocycles. The monoisotopic (exact) mass is 281 g/mol. The fourth-order valence-electron chi connectivity index (χ4n) is 1.57. The molecule has 0 fully saturated rings. The molecule has 1 N–H and O–H groups in total. The average molecular weight is 282 g/mol. The molecule has 0 amide bonds. The maximum atomic E-state index is 10.5. The molecular formula is C13H9Cl2NO2. The van der Waals surface area contributed by atoms with E-state index in [2.05, 4.69) is 4.98 Å². The number of aliphatic carboxylic acids is 1. The zero-order chi connectivity index (χ0) is 13.3. The maximum absolute atomic E-state index is 10.5. The summed E-state index contributed by atoms with van der Waals surface area (Å²) in [7, 11) is 0. The van der Waals surface area contributed by atoms with E-state index in [1.54, 1.807) is 12.1 Å². The van der Waals surface area contributed by atoms with Crippen LogP contribution in [0.3, 0.4) is 0 Å². The van der Waals surface area contributed by atoms with E-state index in [1.807, 2.05) is 13.0 Å². The Morgan fingerprint density at radius 1 is 1.33 bits per heavy atom. The molecule has 0 saturated heterocycles. The number of aryl methyl sites for hydroxylation is 1. The summed E-state index contributed by atoms with van der Waals surface area (Å²) in [4.78, 5) is 14.7. The van der Waals surface area contributed by atoms with Crippen LogP contribution in [0, 0.1) is 6.92 Å². The van der Waals surface area contributed by atoms with Crippen molar-refractivity contribution < 1.29 is 9.90 Å². The summed E-state index contributed by atoms with van der Waals surface area (Å²) in [6, 6.07) is 5.39. The molecule has 0 aliphatic heterocycles. The van der Waals surface area contributed by atoms with Gasteiger partial charge in [-0.25, -0.2) is 9.78 Å². The van der Waals surface area contributed by atoms with Crippen molar-refractivity contribution in [2.45, 2.75) is 6.92 Å². The van der Waals surface area contributed by atoms with Gasteiger partial charge in [0.15, 0.2) is 0 Å². The first-order valence-electron chi connectivity index (χ1n) is 5.15. The molecule has 92 valence electrons. The second-order valence-corrected chi connectivity index (χ2v) is 4.60. The molecule has 2 aromatic rings. The Hall–Kier alpha value is -1.58. The van der Waals surface area contributed by atoms with Gasteiger partial charge in [-0.3, -0.25) is 0 Å². The minimum Gasteiger partial charge on any atom is -0.478 e. The number of carbonyl (C=O) groups is 1. The lowest BCUT2D eigenvalue weighted by molar-refractivity contribution is -0.131. The first kappa shape index (κ1) is 12.9. The number of benzene rings is 1. The number of pyridine rings is 1. The smallest absolute Gasteiger partial charge is 0.328 e. The van der Waals surface area contributed by atoms with Gasteiger partial charge >= 0.3 is 5.97 Å². The van der Waals surface area contributed by atoms with Crippen LogP contribution in [-0.4, -0.2) is 16.1 Å². The molecule has 0 atom stereocenters. The van der Waals surface area contributed by atoms with Crippen molar-refractivity contribution in [1.29, 1.82) is 0 Å². The van der Waals surface area contributed by atoms with Crippen LogP contribution in [0.1, 0.15) is 11.1 Å². The Kier molecular flexibility index (Phi) is 3.55. The Morgan fingerprint density at radius 3 is 2.72 bits per heavy atom. The molecule has 1 aromatic carbocycles. The normalized spacial score (nSPS) is 11.3. The van der Waals surface area contributed by atoms with Crippen LogP contribution in [0.4, 0.5) is 0 Å². The molecule has 0 saturated carbocycles. The Morgan fingerprint density at radius 2 is 2.06 bits per heavy atom. The van der Waals surface area contributed by atoms with Crippen molar-refractivity contribution in [3.05, 3.63) is 45.6 Å². The van der Waals surface area contributed by atoms with Gasteiger partial charge in [0.25, 0.3) is 0 Å². The number of aromatic nitrogens is 1. The molecule has 3 nitrogen and oxygen atoms in total. The standard InChI is InChI=1S/C13H9Cl2NO2/c1-7-4-11-9(6-10(7)14)5-8(13(15)16-11)2-3-12(17)18/h2-6H,1H3,(H,17,18)/b3-2+. The van der Waals surface area contributed by atoms with Crippen molar-refractivity contribution in [2.75, 3.05) is 0 Å². The van der Waals surface area contributed by atoms with Gasteiger partial charge in [0, 0.05) is 22.0 Å². The molecule has 0 unspecified atom stereocenters. The fraction of sp³-hybridized carbons (Fsp3) is 0.0769. The predicted molar refractivity (Wildman–Crippen MR) is 73.2 cm³/mol. The van der Waals surface area contributed by atoms with Crippen molar-refractivity contribution >= 4 is 46.2 Å². The lowest BCUT2D eigenvalue weighted by Gasteiger charge is -2.04. The van der Waals surface area contributed by atoms with Crippen LogP contribution >= 0.6 is 23.2 Å². The highest BCUT2D eigenvalue weighted by Gasteiger charge is 2.05. The van der Waals surface area contributed by atoms with Crippen LogP contribution in [-0.2, 0) is 4.79 Å². The molecule has 1 heterocycles. The number of carboxylic acids is 1. The van der Waals surface area contributed by atoms with Gasteiger partial charge in [-0.2, -0.15) is 0 Å². The highest BCUT2D eigenvalue weighted by molar-refractivity contribution is 6.33. The molecule has 1 aromatic heterocycles. The molecule has 18 heavy (non-hydrogen) atoms. The summed E-state index contributed by atoms with van der Waals surface area (Å²) in [5.74, 6) is -1.03. The number of rotatable bonds is 2. The number of hydrogen-bond acceptors (Lipinski definition) is 2. The summed E-state index contributed by atoms with van der Waals surface area (Å²) in [6.07, 6.45) is 2.43. The van der Waals surface area contributed by atoms with E-state index in [1.165, 1.54) is 6.08 Å². The van der Waals surface area contributed by atoms with Gasteiger partial charge in [0.2, 0.25) is 0 Å². The first-order chi connectivity index (χ1) is 8.47. The van der Waals surface area contributed by atoms with Crippen LogP contribution in [0.2, 0.25) is 10.2 Å². The Balaban J connectivity index is 2.61. The van der Waals surface area contributed by atoms with Crippen LogP contribution in [0.5, 0.6) is 0 Å². The fourth-order valence-corrected chi connectivity index (χ4v) is 1.95. The third-order valence-corrected chi connectivity index (χ3v) is 3.19. The van der Waals surface area contributed by atoms with E-state index in [0.29, 0.717) is 10.6 Å². The Labute approximate surface area is 114 Å². The molecule has 2 rings (SSSR count). The summed E-state index contributed by atoms with van der Waals surface area (Å²) in [5, 5.41) is 10.3. The molecule has 5 heteroatoms. The lowest BCUT2D eigenvalue weighted by Crippen LogP contribution is -1.89. The van der Waals surface area contributed by atoms with Crippen molar-refractivity contribution in [1.82, 2.24) is 4.98 Å². The average Bonchev–Trinajstić information content (AvgIpc) is 2.29. The maximum Gasteiger partial charge on any atom is 0.328 e. The van der Waals surface area contributed by atoms with Crippen molar-refractivity contribution in [3.8, 4) is 0 Å². The number of hydrogen-bond donors (Lipinski definition) is 1. The number of carboxylic acid groups (broad SMARTS) is 1. The second-order valence-electron chi connectivity index (χ2n) is 3.83. The quantitative estimate of drug-likeness (QED) is 0.670. The second kappa shape index (κ2) is 4.96. The molecule has 0 bridgehead atoms. The number of nitrogens with zero attached hydrogens (tertiary/aromatic N) is 1. The molecule has 0 spiro atoms. The summed E-state index contributed by atoms with van der Waals surface area (Å²) in [6.45, 7) is 1.88. The highest BCUT2D eigenvalue weighted by atomic mass is 35.5. The zero-order valence-corrected chi connectivity index (χ0v) is 11.0. The molecule has 0 radical (unpaired) electrons. The van der Waals surface area contributed by atoms with Gasteiger partial charge in [-0.15, -0.1) is 0 Å². The number of halogens is 2. The van der Waals surface area contributed by atoms with Gasteiger partial charge in [0.1, 0.15) is 5.15 Å². The third-order valence-electron chi connectivity index (χ3n) is 2.48. The molecular weight excluding hydrogens is 273 g/mol. The Bertz CT molecular complexity index is 666. The lowest BCUT2D eigenvalue weighted by atomic mass is 10.1. The van der Waals surface area contributed by atoms with Gasteiger partial charge < -0.3 is 5.11 Å². The highest BCUT2D eigenvalue weighted by Crippen LogP contribution is 2.26. The third kappa shape index (κ3) is 2.63. The largest absolute Gasteiger partial charge is 0.478 e. The number of fused-ring (bicyclic) bond motifs is 1. The predicted octanol–water partition coefficient (Wildman–Crippen LogP) is 3.95. The first-order valence-corrected chi connectivity index (χ1v) is 5.90. The summed E-state index contributed by atoms with van der Waals surface area (Å²) >= 11 is 12.0. The topological polar surface area (TPSA) is 50.2 Å². The van der Waals surface area contributed by atoms with E-state index in [4.69, 9.17) is 28.3 Å². The van der Waals surface area contributed by atoms with Crippen LogP contribution in [0.25, 0.3) is 17.0 Å². The van der Waals surface area contributed by atoms with Gasteiger partial charge in [-0.05, 0) is 36.8 Å². The van der Waals surface area contributed by atoms with E-state index in [-0.39, 0.29) is 5.15 Å². The zero-order valence-electron chi connectivity index (χ0n) is 9.45. The van der Waals surface area contributed by atoms with Crippen LogP contribution in [0.15, 0.2) is 24.3 Å². The summed E-state index contributed by atoms with van der Waals surface area (Å²) < 4.78 is 0. The summed E-state index contributed by atoms with van der Waals surface area (Å²) in [5.41, 5.74) is 2.20. The SMILES string of the molecule is Cc1cc2nc(Cl)c(/C=C/C(=O)O)cc2cc1Cl. The van der Waals surface area contributed by atoms with E-state index >= 15 is 0 Å². The minimum absolute atomic E-state index is 0.265. The minimum atomic E-state index is -1.03. The van der Waals surface area contributed by atoms with E-state index in [9.17, 15) is 4.79 Å². The van der Waals surface area contributed by atoms with Gasteiger partial charge in [-0.1, -0.05) is 23.2 Å². The van der Waals surface area contributed by atoms with Crippen LogP contribution < -0.4 is 0 Å². The van der Waals surface area contributed by atoms with Crippen molar-refractivity contribution in [3.63, 3.8) is 0 Å². The van der Waals surface area contributed by atoms with E-state index < -0.39 is 5.97 Å².